The van der Waals surface area contributed by atoms with E-state index in [9.17, 15) is 4.39 Å². The van der Waals surface area contributed by atoms with E-state index in [0.29, 0.717) is 0 Å². The molecule has 0 atom stereocenters. The van der Waals surface area contributed by atoms with Crippen LogP contribution in [0.3, 0.4) is 0 Å². The Morgan fingerprint density at radius 2 is 1.89 bits per heavy atom. The van der Waals surface area contributed by atoms with Crippen LogP contribution < -0.4 is 0 Å². The average Bonchev–Trinajstić information content (AvgIpc) is 2.74. The number of hydrogen-bond acceptors (Lipinski definition) is 2. The predicted octanol–water partition coefficient (Wildman–Crippen LogP) is 3.63. The summed E-state index contributed by atoms with van der Waals surface area (Å²) in [5.74, 6) is -0.262. The molecule has 0 radical (unpaired) electrons. The standard InChI is InChI=1S/C13H9BrFN3/c1-8-6-13-12(7-11(8)14)16-17-18(13)10-4-2-9(15)3-5-10/h2-7H,1H3. The normalized spacial score (nSPS) is 11.1. The lowest BCUT2D eigenvalue weighted by molar-refractivity contribution is 0.627. The zero-order valence-corrected chi connectivity index (χ0v) is 11.1. The van der Waals surface area contributed by atoms with E-state index >= 15 is 0 Å². The van der Waals surface area contributed by atoms with Gasteiger partial charge in [-0.05, 0) is 48.9 Å². The zero-order valence-electron chi connectivity index (χ0n) is 9.56. The van der Waals surface area contributed by atoms with Crippen molar-refractivity contribution in [1.82, 2.24) is 15.0 Å². The summed E-state index contributed by atoms with van der Waals surface area (Å²) in [6.07, 6.45) is 0. The maximum atomic E-state index is 12.9. The van der Waals surface area contributed by atoms with Crippen molar-refractivity contribution in [1.29, 1.82) is 0 Å². The van der Waals surface area contributed by atoms with Gasteiger partial charge in [-0.3, -0.25) is 0 Å². The molecule has 0 amide bonds. The second-order valence-electron chi connectivity index (χ2n) is 4.07. The molecule has 18 heavy (non-hydrogen) atoms. The molecule has 0 saturated carbocycles. The van der Waals surface area contributed by atoms with Crippen LogP contribution in [0.25, 0.3) is 16.7 Å². The van der Waals surface area contributed by atoms with Crippen LogP contribution in [0, 0.1) is 12.7 Å². The Balaban J connectivity index is 2.23. The minimum Gasteiger partial charge on any atom is -0.213 e. The number of aromatic nitrogens is 3. The van der Waals surface area contributed by atoms with Crippen molar-refractivity contribution in [2.75, 3.05) is 0 Å². The minimum absolute atomic E-state index is 0.262. The molecule has 2 aromatic carbocycles. The van der Waals surface area contributed by atoms with Crippen LogP contribution in [0.2, 0.25) is 0 Å². The van der Waals surface area contributed by atoms with E-state index in [-0.39, 0.29) is 5.82 Å². The molecule has 3 nitrogen and oxygen atoms in total. The third-order valence-corrected chi connectivity index (χ3v) is 3.65. The van der Waals surface area contributed by atoms with E-state index < -0.39 is 0 Å². The number of aryl methyl sites for hydroxylation is 1. The third-order valence-electron chi connectivity index (χ3n) is 2.80. The van der Waals surface area contributed by atoms with Crippen LogP contribution in [-0.4, -0.2) is 15.0 Å². The molecule has 1 aromatic heterocycles. The maximum Gasteiger partial charge on any atom is 0.123 e. The summed E-state index contributed by atoms with van der Waals surface area (Å²) < 4.78 is 15.6. The Morgan fingerprint density at radius 1 is 1.17 bits per heavy atom. The van der Waals surface area contributed by atoms with Gasteiger partial charge in [0.1, 0.15) is 11.3 Å². The highest BCUT2D eigenvalue weighted by atomic mass is 79.9. The molecule has 0 fully saturated rings. The molecule has 1 heterocycles. The smallest absolute Gasteiger partial charge is 0.123 e. The number of fused-ring (bicyclic) bond motifs is 1. The monoisotopic (exact) mass is 305 g/mol. The van der Waals surface area contributed by atoms with Crippen molar-refractivity contribution in [2.24, 2.45) is 0 Å². The SMILES string of the molecule is Cc1cc2c(cc1Br)nnn2-c1ccc(F)cc1. The number of hydrogen-bond donors (Lipinski definition) is 0. The summed E-state index contributed by atoms with van der Waals surface area (Å²) in [4.78, 5) is 0. The van der Waals surface area contributed by atoms with E-state index in [4.69, 9.17) is 0 Å². The van der Waals surface area contributed by atoms with Crippen molar-refractivity contribution in [3.05, 3.63) is 52.3 Å². The van der Waals surface area contributed by atoms with E-state index in [1.54, 1.807) is 16.8 Å². The van der Waals surface area contributed by atoms with E-state index in [0.717, 1.165) is 26.8 Å². The highest BCUT2D eigenvalue weighted by molar-refractivity contribution is 9.10. The predicted molar refractivity (Wildman–Crippen MR) is 71.3 cm³/mol. The minimum atomic E-state index is -0.262. The Bertz CT molecular complexity index is 719. The fraction of sp³-hybridized carbons (Fsp3) is 0.0769. The molecule has 0 saturated heterocycles. The summed E-state index contributed by atoms with van der Waals surface area (Å²) in [7, 11) is 0. The van der Waals surface area contributed by atoms with E-state index in [1.807, 2.05) is 19.1 Å². The van der Waals surface area contributed by atoms with Crippen LogP contribution >= 0.6 is 15.9 Å². The van der Waals surface area contributed by atoms with E-state index in [2.05, 4.69) is 26.2 Å². The van der Waals surface area contributed by atoms with Gasteiger partial charge in [0.05, 0.1) is 11.2 Å². The summed E-state index contributed by atoms with van der Waals surface area (Å²) in [5.41, 5.74) is 3.60. The molecule has 0 unspecified atom stereocenters. The van der Waals surface area contributed by atoms with Crippen molar-refractivity contribution in [3.8, 4) is 5.69 Å². The molecule has 0 N–H and O–H groups in total. The molecule has 5 heteroatoms. The highest BCUT2D eigenvalue weighted by Crippen LogP contribution is 2.24. The first-order valence-electron chi connectivity index (χ1n) is 5.42. The lowest BCUT2D eigenvalue weighted by Gasteiger charge is -2.03. The maximum absolute atomic E-state index is 12.9. The molecule has 3 aromatic rings. The Morgan fingerprint density at radius 3 is 2.61 bits per heavy atom. The van der Waals surface area contributed by atoms with Crippen LogP contribution in [0.15, 0.2) is 40.9 Å². The van der Waals surface area contributed by atoms with Crippen molar-refractivity contribution in [3.63, 3.8) is 0 Å². The summed E-state index contributed by atoms with van der Waals surface area (Å²) in [6.45, 7) is 2.01. The second-order valence-corrected chi connectivity index (χ2v) is 4.92. The van der Waals surface area contributed by atoms with Gasteiger partial charge in [0, 0.05) is 4.47 Å². The molecule has 0 aliphatic carbocycles. The summed E-state index contributed by atoms with van der Waals surface area (Å²) in [6, 6.07) is 10.1. The molecular weight excluding hydrogens is 297 g/mol. The quantitative estimate of drug-likeness (QED) is 0.687. The van der Waals surface area contributed by atoms with Gasteiger partial charge in [-0.25, -0.2) is 9.07 Å². The molecule has 0 spiro atoms. The van der Waals surface area contributed by atoms with Crippen molar-refractivity contribution < 1.29 is 4.39 Å². The van der Waals surface area contributed by atoms with Gasteiger partial charge < -0.3 is 0 Å². The molecule has 0 aliphatic heterocycles. The van der Waals surface area contributed by atoms with Gasteiger partial charge in [0.15, 0.2) is 0 Å². The lowest BCUT2D eigenvalue weighted by atomic mass is 10.2. The lowest BCUT2D eigenvalue weighted by Crippen LogP contribution is -1.96. The molecule has 3 rings (SSSR count). The summed E-state index contributed by atoms with van der Waals surface area (Å²) >= 11 is 3.46. The number of nitrogens with zero attached hydrogens (tertiary/aromatic N) is 3. The van der Waals surface area contributed by atoms with Crippen LogP contribution in [-0.2, 0) is 0 Å². The van der Waals surface area contributed by atoms with Gasteiger partial charge in [-0.1, -0.05) is 21.1 Å². The van der Waals surface area contributed by atoms with Crippen molar-refractivity contribution >= 4 is 27.0 Å². The second kappa shape index (κ2) is 4.17. The largest absolute Gasteiger partial charge is 0.213 e. The number of halogens is 2. The van der Waals surface area contributed by atoms with Gasteiger partial charge >= 0.3 is 0 Å². The first-order valence-corrected chi connectivity index (χ1v) is 6.22. The van der Waals surface area contributed by atoms with Crippen LogP contribution in [0.4, 0.5) is 4.39 Å². The average molecular weight is 306 g/mol. The zero-order chi connectivity index (χ0) is 12.7. The van der Waals surface area contributed by atoms with Crippen molar-refractivity contribution in [2.45, 2.75) is 6.92 Å². The number of rotatable bonds is 1. The van der Waals surface area contributed by atoms with Crippen LogP contribution in [0.5, 0.6) is 0 Å². The fourth-order valence-electron chi connectivity index (χ4n) is 1.82. The van der Waals surface area contributed by atoms with Gasteiger partial charge in [-0.2, -0.15) is 0 Å². The molecule has 0 aliphatic rings. The molecular formula is C13H9BrFN3. The first-order chi connectivity index (χ1) is 8.65. The third kappa shape index (κ3) is 1.80. The topological polar surface area (TPSA) is 30.7 Å². The van der Waals surface area contributed by atoms with Gasteiger partial charge in [0.2, 0.25) is 0 Å². The Labute approximate surface area is 111 Å². The highest BCUT2D eigenvalue weighted by Gasteiger charge is 2.08. The van der Waals surface area contributed by atoms with Crippen LogP contribution in [0.1, 0.15) is 5.56 Å². The van der Waals surface area contributed by atoms with Gasteiger partial charge in [-0.15, -0.1) is 5.10 Å². The van der Waals surface area contributed by atoms with E-state index in [1.165, 1.54) is 12.1 Å². The Hall–Kier alpha value is -1.75. The molecule has 0 bridgehead atoms. The Kier molecular flexibility index (Phi) is 2.63. The summed E-state index contributed by atoms with van der Waals surface area (Å²) in [5, 5.41) is 8.21. The molecule has 90 valence electrons. The first kappa shape index (κ1) is 11.3. The van der Waals surface area contributed by atoms with Gasteiger partial charge in [0.25, 0.3) is 0 Å². The fourth-order valence-corrected chi connectivity index (χ4v) is 2.15. The number of benzene rings is 2.